The normalized spacial score (nSPS) is 9.60. The van der Waals surface area contributed by atoms with E-state index in [0.29, 0.717) is 11.3 Å². The first-order valence-corrected chi connectivity index (χ1v) is 5.66. The Morgan fingerprint density at radius 3 is 2.50 bits per heavy atom. The van der Waals surface area contributed by atoms with Crippen LogP contribution in [0.3, 0.4) is 0 Å². The van der Waals surface area contributed by atoms with E-state index in [1.165, 1.54) is 12.1 Å². The molecule has 2 aromatic carbocycles. The largest absolute Gasteiger partial charge is 0.503 e. The van der Waals surface area contributed by atoms with Gasteiger partial charge in [0.05, 0.1) is 17.3 Å². The molecule has 2 aromatic rings. The standard InChI is InChI=1S/C14H10FN3O2/c15-11-2-1-3-12(13(11)19)18-14(20)17-10-6-4-9(8-16)5-7-10/h1-7,19H,(H2,17,18,20). The zero-order valence-electron chi connectivity index (χ0n) is 10.2. The second-order valence-corrected chi connectivity index (χ2v) is 3.90. The number of benzene rings is 2. The minimum Gasteiger partial charge on any atom is -0.503 e. The van der Waals surface area contributed by atoms with Gasteiger partial charge < -0.3 is 15.7 Å². The molecule has 0 radical (unpaired) electrons. The van der Waals surface area contributed by atoms with Crippen LogP contribution in [0.4, 0.5) is 20.6 Å². The smallest absolute Gasteiger partial charge is 0.323 e. The number of nitriles is 1. The maximum absolute atomic E-state index is 13.1. The van der Waals surface area contributed by atoms with Crippen molar-refractivity contribution in [2.24, 2.45) is 0 Å². The second kappa shape index (κ2) is 5.71. The number of carbonyl (C=O) groups is 1. The number of urea groups is 1. The Balaban J connectivity index is 2.05. The maximum Gasteiger partial charge on any atom is 0.323 e. The summed E-state index contributed by atoms with van der Waals surface area (Å²) in [5.74, 6) is -1.44. The highest BCUT2D eigenvalue weighted by Crippen LogP contribution is 2.25. The lowest BCUT2D eigenvalue weighted by Gasteiger charge is -2.09. The molecule has 0 fully saturated rings. The van der Waals surface area contributed by atoms with Gasteiger partial charge in [0.1, 0.15) is 0 Å². The summed E-state index contributed by atoms with van der Waals surface area (Å²) in [5.41, 5.74) is 0.910. The summed E-state index contributed by atoms with van der Waals surface area (Å²) >= 11 is 0. The Morgan fingerprint density at radius 1 is 1.15 bits per heavy atom. The van der Waals surface area contributed by atoms with Crippen molar-refractivity contribution in [1.29, 1.82) is 5.26 Å². The van der Waals surface area contributed by atoms with Gasteiger partial charge in [0.15, 0.2) is 11.6 Å². The molecule has 0 saturated carbocycles. The molecule has 0 aliphatic carbocycles. The molecule has 2 amide bonds. The van der Waals surface area contributed by atoms with E-state index >= 15 is 0 Å². The van der Waals surface area contributed by atoms with Gasteiger partial charge in [-0.15, -0.1) is 0 Å². The summed E-state index contributed by atoms with van der Waals surface area (Å²) < 4.78 is 13.1. The van der Waals surface area contributed by atoms with Gasteiger partial charge in [-0.05, 0) is 36.4 Å². The Hall–Kier alpha value is -3.07. The van der Waals surface area contributed by atoms with Crippen LogP contribution in [-0.2, 0) is 0 Å². The minimum atomic E-state index is -0.818. The number of phenolic OH excluding ortho intramolecular Hbond substituents is 1. The number of carbonyl (C=O) groups excluding carboxylic acids is 1. The molecule has 100 valence electrons. The quantitative estimate of drug-likeness (QED) is 0.734. The first-order chi connectivity index (χ1) is 9.60. The fourth-order valence-electron chi connectivity index (χ4n) is 1.53. The van der Waals surface area contributed by atoms with Crippen molar-refractivity contribution in [1.82, 2.24) is 0 Å². The van der Waals surface area contributed by atoms with E-state index in [-0.39, 0.29) is 5.69 Å². The highest BCUT2D eigenvalue weighted by molar-refractivity contribution is 6.00. The lowest BCUT2D eigenvalue weighted by Crippen LogP contribution is -2.19. The number of para-hydroxylation sites is 1. The Morgan fingerprint density at radius 2 is 1.85 bits per heavy atom. The van der Waals surface area contributed by atoms with Gasteiger partial charge in [-0.3, -0.25) is 0 Å². The van der Waals surface area contributed by atoms with Crippen molar-refractivity contribution >= 4 is 17.4 Å². The van der Waals surface area contributed by atoms with E-state index in [4.69, 9.17) is 5.26 Å². The van der Waals surface area contributed by atoms with Gasteiger partial charge in [-0.2, -0.15) is 5.26 Å². The van der Waals surface area contributed by atoms with Crippen molar-refractivity contribution < 1.29 is 14.3 Å². The average Bonchev–Trinajstić information content (AvgIpc) is 2.45. The lowest BCUT2D eigenvalue weighted by molar-refractivity contribution is 0.262. The lowest BCUT2D eigenvalue weighted by atomic mass is 10.2. The predicted molar refractivity (Wildman–Crippen MR) is 71.9 cm³/mol. The van der Waals surface area contributed by atoms with Crippen molar-refractivity contribution in [3.8, 4) is 11.8 Å². The van der Waals surface area contributed by atoms with Crippen LogP contribution in [0, 0.1) is 17.1 Å². The molecule has 20 heavy (non-hydrogen) atoms. The zero-order chi connectivity index (χ0) is 14.5. The van der Waals surface area contributed by atoms with E-state index in [1.807, 2.05) is 6.07 Å². The topological polar surface area (TPSA) is 85.2 Å². The molecule has 0 atom stereocenters. The number of phenols is 1. The molecular formula is C14H10FN3O2. The molecule has 3 N–H and O–H groups in total. The SMILES string of the molecule is N#Cc1ccc(NC(=O)Nc2cccc(F)c2O)cc1. The van der Waals surface area contributed by atoms with E-state index in [2.05, 4.69) is 10.6 Å². The van der Waals surface area contributed by atoms with Crippen LogP contribution in [-0.4, -0.2) is 11.1 Å². The van der Waals surface area contributed by atoms with Crippen LogP contribution in [0.1, 0.15) is 5.56 Å². The van der Waals surface area contributed by atoms with Gasteiger partial charge in [-0.1, -0.05) is 6.07 Å². The minimum absolute atomic E-state index is 0.0313. The number of nitrogens with one attached hydrogen (secondary N) is 2. The third kappa shape index (κ3) is 3.03. The molecule has 0 aliphatic heterocycles. The molecule has 6 heteroatoms. The number of rotatable bonds is 2. The van der Waals surface area contributed by atoms with Gasteiger partial charge in [0.25, 0.3) is 0 Å². The van der Waals surface area contributed by atoms with Gasteiger partial charge in [0.2, 0.25) is 0 Å². The first kappa shape index (κ1) is 13.4. The van der Waals surface area contributed by atoms with Crippen LogP contribution < -0.4 is 10.6 Å². The van der Waals surface area contributed by atoms with Gasteiger partial charge >= 0.3 is 6.03 Å². The Labute approximate surface area is 114 Å². The predicted octanol–water partition coefficient (Wildman–Crippen LogP) is 3.05. The summed E-state index contributed by atoms with van der Waals surface area (Å²) in [6, 6.07) is 11.4. The monoisotopic (exact) mass is 271 g/mol. The molecule has 5 nitrogen and oxygen atoms in total. The summed E-state index contributed by atoms with van der Waals surface area (Å²) in [7, 11) is 0. The fraction of sp³-hybridized carbons (Fsp3) is 0. The molecule has 2 rings (SSSR count). The molecule has 0 aliphatic rings. The molecular weight excluding hydrogens is 261 g/mol. The Bertz CT molecular complexity index is 678. The number of aromatic hydroxyl groups is 1. The second-order valence-electron chi connectivity index (χ2n) is 3.90. The highest BCUT2D eigenvalue weighted by atomic mass is 19.1. The van der Waals surface area contributed by atoms with Crippen molar-refractivity contribution in [3.05, 3.63) is 53.8 Å². The average molecular weight is 271 g/mol. The van der Waals surface area contributed by atoms with Gasteiger partial charge in [-0.25, -0.2) is 9.18 Å². The first-order valence-electron chi connectivity index (χ1n) is 5.66. The molecule has 0 bridgehead atoms. The van der Waals surface area contributed by atoms with Crippen LogP contribution in [0.5, 0.6) is 5.75 Å². The van der Waals surface area contributed by atoms with Crippen molar-refractivity contribution in [2.45, 2.75) is 0 Å². The summed E-state index contributed by atoms with van der Waals surface area (Å²) in [6.45, 7) is 0. The van der Waals surface area contributed by atoms with Crippen LogP contribution in [0.15, 0.2) is 42.5 Å². The number of hydrogen-bond acceptors (Lipinski definition) is 3. The molecule has 0 unspecified atom stereocenters. The molecule has 0 spiro atoms. The van der Waals surface area contributed by atoms with E-state index < -0.39 is 17.6 Å². The highest BCUT2D eigenvalue weighted by Gasteiger charge is 2.09. The molecule has 0 aromatic heterocycles. The Kier molecular flexibility index (Phi) is 3.82. The van der Waals surface area contributed by atoms with Crippen LogP contribution in [0.2, 0.25) is 0 Å². The third-order valence-electron chi connectivity index (χ3n) is 2.51. The summed E-state index contributed by atoms with van der Waals surface area (Å²) in [4.78, 5) is 11.7. The molecule has 0 heterocycles. The fourth-order valence-corrected chi connectivity index (χ4v) is 1.53. The van der Waals surface area contributed by atoms with E-state index in [1.54, 1.807) is 24.3 Å². The summed E-state index contributed by atoms with van der Waals surface area (Å²) in [5, 5.41) is 22.9. The number of hydrogen-bond donors (Lipinski definition) is 3. The number of nitrogens with zero attached hydrogens (tertiary/aromatic N) is 1. The number of halogens is 1. The van der Waals surface area contributed by atoms with E-state index in [9.17, 15) is 14.3 Å². The number of amides is 2. The third-order valence-corrected chi connectivity index (χ3v) is 2.51. The van der Waals surface area contributed by atoms with Crippen LogP contribution >= 0.6 is 0 Å². The van der Waals surface area contributed by atoms with E-state index in [0.717, 1.165) is 6.07 Å². The van der Waals surface area contributed by atoms with Crippen LogP contribution in [0.25, 0.3) is 0 Å². The maximum atomic E-state index is 13.1. The summed E-state index contributed by atoms with van der Waals surface area (Å²) in [6.07, 6.45) is 0. The van der Waals surface area contributed by atoms with Gasteiger partial charge in [0, 0.05) is 5.69 Å². The van der Waals surface area contributed by atoms with Crippen molar-refractivity contribution in [3.63, 3.8) is 0 Å². The molecule has 0 saturated heterocycles. The van der Waals surface area contributed by atoms with Crippen molar-refractivity contribution in [2.75, 3.05) is 10.6 Å². The number of anilines is 2. The zero-order valence-corrected chi connectivity index (χ0v) is 10.2.